The first-order valence-electron chi connectivity index (χ1n) is 9.75. The summed E-state index contributed by atoms with van der Waals surface area (Å²) in [5.41, 5.74) is 0.955. The van der Waals surface area contributed by atoms with Crippen molar-refractivity contribution in [3.8, 4) is 5.75 Å². The molecule has 1 aromatic rings. The summed E-state index contributed by atoms with van der Waals surface area (Å²) < 4.78 is 10.3. The highest BCUT2D eigenvalue weighted by Gasteiger charge is 1.96. The molecule has 0 aliphatic rings. The second-order valence-electron chi connectivity index (χ2n) is 6.46. The van der Waals surface area contributed by atoms with Crippen LogP contribution in [0.25, 0.3) is 6.08 Å². The van der Waals surface area contributed by atoms with Gasteiger partial charge in [-0.2, -0.15) is 0 Å². The predicted octanol–water partition coefficient (Wildman–Crippen LogP) is 6.17. The maximum atomic E-state index is 11.0. The van der Waals surface area contributed by atoms with Crippen LogP contribution in [-0.4, -0.2) is 19.7 Å². The van der Waals surface area contributed by atoms with E-state index in [-0.39, 0.29) is 5.97 Å². The normalized spacial score (nSPS) is 11.0. The van der Waals surface area contributed by atoms with Crippen LogP contribution < -0.4 is 4.74 Å². The molecule has 140 valence electrons. The summed E-state index contributed by atoms with van der Waals surface area (Å²) in [4.78, 5) is 11.0. The largest absolute Gasteiger partial charge is 0.494 e. The van der Waals surface area contributed by atoms with Crippen LogP contribution in [0.3, 0.4) is 0 Å². The van der Waals surface area contributed by atoms with Gasteiger partial charge in [-0.25, -0.2) is 4.79 Å². The standard InChI is InChI=1S/C22H34O3/c1-3-4-5-6-7-8-9-10-11-12-19-25-21-16-13-20(14-17-21)15-18-22(23)24-2/h13-18H,3-12,19H2,1-2H3. The van der Waals surface area contributed by atoms with Crippen LogP contribution in [0, 0.1) is 0 Å². The molecule has 0 aromatic heterocycles. The van der Waals surface area contributed by atoms with Crippen molar-refractivity contribution in [3.05, 3.63) is 35.9 Å². The number of carbonyl (C=O) groups excluding carboxylic acids is 1. The SMILES string of the molecule is CCCCCCCCCCCCOc1ccc(C=CC(=O)OC)cc1. The van der Waals surface area contributed by atoms with Crippen LogP contribution in [-0.2, 0) is 9.53 Å². The highest BCUT2D eigenvalue weighted by Crippen LogP contribution is 2.15. The highest BCUT2D eigenvalue weighted by atomic mass is 16.5. The Hall–Kier alpha value is -1.77. The predicted molar refractivity (Wildman–Crippen MR) is 105 cm³/mol. The lowest BCUT2D eigenvalue weighted by Crippen LogP contribution is -1.97. The van der Waals surface area contributed by atoms with E-state index in [4.69, 9.17) is 4.74 Å². The first kappa shape index (κ1) is 21.3. The third kappa shape index (κ3) is 11.4. The van der Waals surface area contributed by atoms with Gasteiger partial charge in [0, 0.05) is 6.08 Å². The second-order valence-corrected chi connectivity index (χ2v) is 6.46. The molecule has 3 nitrogen and oxygen atoms in total. The van der Waals surface area contributed by atoms with E-state index in [0.717, 1.165) is 24.3 Å². The van der Waals surface area contributed by atoms with Crippen molar-refractivity contribution >= 4 is 12.0 Å². The van der Waals surface area contributed by atoms with Gasteiger partial charge in [0.05, 0.1) is 13.7 Å². The number of hydrogen-bond acceptors (Lipinski definition) is 3. The summed E-state index contributed by atoms with van der Waals surface area (Å²) in [6.45, 7) is 3.03. The van der Waals surface area contributed by atoms with Crippen molar-refractivity contribution in [3.63, 3.8) is 0 Å². The van der Waals surface area contributed by atoms with Crippen LogP contribution in [0.15, 0.2) is 30.3 Å². The number of benzene rings is 1. The zero-order valence-electron chi connectivity index (χ0n) is 16.0. The summed E-state index contributed by atoms with van der Waals surface area (Å²) in [6, 6.07) is 7.75. The van der Waals surface area contributed by atoms with Gasteiger partial charge < -0.3 is 9.47 Å². The molecule has 0 aliphatic carbocycles. The molecule has 0 aliphatic heterocycles. The molecule has 0 N–H and O–H groups in total. The van der Waals surface area contributed by atoms with Crippen LogP contribution >= 0.6 is 0 Å². The van der Waals surface area contributed by atoms with Crippen molar-refractivity contribution in [2.24, 2.45) is 0 Å². The number of ether oxygens (including phenoxy) is 2. The van der Waals surface area contributed by atoms with Gasteiger partial charge >= 0.3 is 5.97 Å². The Morgan fingerprint density at radius 3 is 2.00 bits per heavy atom. The maximum absolute atomic E-state index is 11.0. The van der Waals surface area contributed by atoms with E-state index >= 15 is 0 Å². The Morgan fingerprint density at radius 2 is 1.44 bits per heavy atom. The van der Waals surface area contributed by atoms with E-state index in [1.165, 1.54) is 71.0 Å². The van der Waals surface area contributed by atoms with Crippen molar-refractivity contribution in [1.82, 2.24) is 0 Å². The molecular weight excluding hydrogens is 312 g/mol. The zero-order chi connectivity index (χ0) is 18.2. The second kappa shape index (κ2) is 14.6. The van der Waals surface area contributed by atoms with E-state index in [1.807, 2.05) is 24.3 Å². The molecule has 0 saturated carbocycles. The Morgan fingerprint density at radius 1 is 0.880 bits per heavy atom. The molecule has 0 atom stereocenters. The molecule has 25 heavy (non-hydrogen) atoms. The topological polar surface area (TPSA) is 35.5 Å². The van der Waals surface area contributed by atoms with Crippen molar-refractivity contribution < 1.29 is 14.3 Å². The quantitative estimate of drug-likeness (QED) is 0.229. The van der Waals surface area contributed by atoms with Gasteiger partial charge in [0.15, 0.2) is 0 Å². The van der Waals surface area contributed by atoms with Crippen molar-refractivity contribution in [2.45, 2.75) is 71.1 Å². The minimum absolute atomic E-state index is 0.346. The van der Waals surface area contributed by atoms with Crippen molar-refractivity contribution in [2.75, 3.05) is 13.7 Å². The van der Waals surface area contributed by atoms with E-state index in [0.29, 0.717) is 0 Å². The number of hydrogen-bond donors (Lipinski definition) is 0. The van der Waals surface area contributed by atoms with Gasteiger partial charge in [-0.15, -0.1) is 0 Å². The van der Waals surface area contributed by atoms with E-state index in [2.05, 4.69) is 11.7 Å². The van der Waals surface area contributed by atoms with Gasteiger partial charge in [-0.05, 0) is 30.2 Å². The summed E-state index contributed by atoms with van der Waals surface area (Å²) >= 11 is 0. The summed E-state index contributed by atoms with van der Waals surface area (Å²) in [5.74, 6) is 0.535. The molecule has 0 fully saturated rings. The van der Waals surface area contributed by atoms with Crippen LogP contribution in [0.5, 0.6) is 5.75 Å². The molecule has 1 rings (SSSR count). The fourth-order valence-electron chi connectivity index (χ4n) is 2.69. The Labute approximate surface area is 153 Å². The smallest absolute Gasteiger partial charge is 0.330 e. The molecule has 0 unspecified atom stereocenters. The van der Waals surface area contributed by atoms with Gasteiger partial charge in [0.2, 0.25) is 0 Å². The number of esters is 1. The molecule has 0 radical (unpaired) electrons. The third-order valence-electron chi connectivity index (χ3n) is 4.26. The first-order chi connectivity index (χ1) is 12.3. The summed E-state index contributed by atoms with van der Waals surface area (Å²) in [6.07, 6.45) is 16.5. The lowest BCUT2D eigenvalue weighted by Gasteiger charge is -2.06. The average molecular weight is 347 g/mol. The van der Waals surface area contributed by atoms with Crippen LogP contribution in [0.1, 0.15) is 76.7 Å². The van der Waals surface area contributed by atoms with Gasteiger partial charge in [-0.3, -0.25) is 0 Å². The number of carbonyl (C=O) groups is 1. The molecule has 3 heteroatoms. The minimum atomic E-state index is -0.346. The molecule has 0 bridgehead atoms. The fourth-order valence-corrected chi connectivity index (χ4v) is 2.69. The zero-order valence-corrected chi connectivity index (χ0v) is 16.0. The molecule has 1 aromatic carbocycles. The molecule has 0 saturated heterocycles. The Bertz CT molecular complexity index is 477. The van der Waals surface area contributed by atoms with Crippen LogP contribution in [0.4, 0.5) is 0 Å². The number of rotatable bonds is 14. The molecule has 0 spiro atoms. The molecular formula is C22H34O3. The number of methoxy groups -OCH3 is 1. The lowest BCUT2D eigenvalue weighted by molar-refractivity contribution is -0.134. The lowest BCUT2D eigenvalue weighted by atomic mass is 10.1. The molecule has 0 heterocycles. The van der Waals surface area contributed by atoms with Gasteiger partial charge in [-0.1, -0.05) is 76.8 Å². The van der Waals surface area contributed by atoms with Crippen LogP contribution in [0.2, 0.25) is 0 Å². The highest BCUT2D eigenvalue weighted by molar-refractivity contribution is 5.86. The average Bonchev–Trinajstić information content (AvgIpc) is 2.65. The number of unbranched alkanes of at least 4 members (excludes halogenated alkanes) is 9. The van der Waals surface area contributed by atoms with Crippen molar-refractivity contribution in [1.29, 1.82) is 0 Å². The Balaban J connectivity index is 2.03. The fraction of sp³-hybridized carbons (Fsp3) is 0.591. The van der Waals surface area contributed by atoms with E-state index < -0.39 is 0 Å². The van der Waals surface area contributed by atoms with E-state index in [1.54, 1.807) is 6.08 Å². The summed E-state index contributed by atoms with van der Waals surface area (Å²) in [7, 11) is 1.37. The third-order valence-corrected chi connectivity index (χ3v) is 4.26. The summed E-state index contributed by atoms with van der Waals surface area (Å²) in [5, 5.41) is 0. The van der Waals surface area contributed by atoms with Gasteiger partial charge in [0.25, 0.3) is 0 Å². The minimum Gasteiger partial charge on any atom is -0.494 e. The Kier molecular flexibility index (Phi) is 12.4. The molecule has 0 amide bonds. The van der Waals surface area contributed by atoms with Gasteiger partial charge in [0.1, 0.15) is 5.75 Å². The maximum Gasteiger partial charge on any atom is 0.330 e. The first-order valence-corrected chi connectivity index (χ1v) is 9.75. The van der Waals surface area contributed by atoms with E-state index in [9.17, 15) is 4.79 Å². The monoisotopic (exact) mass is 346 g/mol.